The van der Waals surface area contributed by atoms with Gasteiger partial charge in [0.1, 0.15) is 0 Å². The van der Waals surface area contributed by atoms with Crippen molar-refractivity contribution < 1.29 is 4.79 Å². The van der Waals surface area contributed by atoms with E-state index in [1.54, 1.807) is 0 Å². The van der Waals surface area contributed by atoms with Crippen molar-refractivity contribution in [3.63, 3.8) is 0 Å². The molecule has 1 amide bonds. The average molecular weight is 205 g/mol. The summed E-state index contributed by atoms with van der Waals surface area (Å²) in [5, 5.41) is 2.84. The maximum atomic E-state index is 11.2. The first-order chi connectivity index (χ1) is 7.27. The minimum atomic E-state index is 0.118. The lowest BCUT2D eigenvalue weighted by Crippen LogP contribution is -2.28. The van der Waals surface area contributed by atoms with Gasteiger partial charge in [-0.25, -0.2) is 0 Å². The van der Waals surface area contributed by atoms with Crippen molar-refractivity contribution >= 4 is 17.3 Å². The number of hydrogen-bond donors (Lipinski definition) is 2. The standard InChI is InChI=1S/C11H15N3O/c12-9-3-1-2-4-10(9)14-7-5-11(15)13-6-8-14/h1-4H,5-8,12H2,(H,13,15). The van der Waals surface area contributed by atoms with Crippen molar-refractivity contribution in [3.8, 4) is 0 Å². The second-order valence-corrected chi connectivity index (χ2v) is 3.65. The lowest BCUT2D eigenvalue weighted by molar-refractivity contribution is -0.120. The minimum absolute atomic E-state index is 0.118. The number of nitrogens with one attached hydrogen (secondary N) is 1. The second-order valence-electron chi connectivity index (χ2n) is 3.65. The lowest BCUT2D eigenvalue weighted by Gasteiger charge is -2.23. The third kappa shape index (κ3) is 2.21. The monoisotopic (exact) mass is 205 g/mol. The van der Waals surface area contributed by atoms with Crippen molar-refractivity contribution in [2.45, 2.75) is 6.42 Å². The summed E-state index contributed by atoms with van der Waals surface area (Å²) in [6.07, 6.45) is 0.536. The van der Waals surface area contributed by atoms with Crippen LogP contribution in [-0.2, 0) is 4.79 Å². The van der Waals surface area contributed by atoms with Crippen molar-refractivity contribution in [1.29, 1.82) is 0 Å². The molecule has 1 saturated heterocycles. The number of hydrogen-bond acceptors (Lipinski definition) is 3. The third-order valence-electron chi connectivity index (χ3n) is 2.59. The van der Waals surface area contributed by atoms with Crippen LogP contribution in [0.3, 0.4) is 0 Å². The molecule has 1 aliphatic rings. The van der Waals surface area contributed by atoms with E-state index >= 15 is 0 Å². The zero-order valence-corrected chi connectivity index (χ0v) is 8.57. The zero-order valence-electron chi connectivity index (χ0n) is 8.57. The molecule has 0 bridgehead atoms. The molecule has 4 heteroatoms. The van der Waals surface area contributed by atoms with Crippen LogP contribution in [0.15, 0.2) is 24.3 Å². The number of para-hydroxylation sites is 2. The van der Waals surface area contributed by atoms with E-state index in [1.165, 1.54) is 0 Å². The maximum absolute atomic E-state index is 11.2. The molecule has 0 saturated carbocycles. The zero-order chi connectivity index (χ0) is 10.7. The Morgan fingerprint density at radius 3 is 2.87 bits per heavy atom. The smallest absolute Gasteiger partial charge is 0.221 e. The fourth-order valence-corrected chi connectivity index (χ4v) is 1.78. The second kappa shape index (κ2) is 4.21. The Morgan fingerprint density at radius 2 is 2.07 bits per heavy atom. The van der Waals surface area contributed by atoms with Crippen LogP contribution in [0.1, 0.15) is 6.42 Å². The molecule has 0 spiro atoms. The summed E-state index contributed by atoms with van der Waals surface area (Å²) >= 11 is 0. The summed E-state index contributed by atoms with van der Waals surface area (Å²) in [6.45, 7) is 2.24. The summed E-state index contributed by atoms with van der Waals surface area (Å²) in [5.41, 5.74) is 7.68. The van der Waals surface area contributed by atoms with Gasteiger partial charge in [-0.05, 0) is 12.1 Å². The molecule has 15 heavy (non-hydrogen) atoms. The summed E-state index contributed by atoms with van der Waals surface area (Å²) in [4.78, 5) is 13.3. The number of amides is 1. The highest BCUT2D eigenvalue weighted by Crippen LogP contribution is 2.22. The highest BCUT2D eigenvalue weighted by atomic mass is 16.1. The topological polar surface area (TPSA) is 58.4 Å². The molecule has 1 fully saturated rings. The number of benzene rings is 1. The molecule has 3 N–H and O–H groups in total. The van der Waals surface area contributed by atoms with Gasteiger partial charge in [0.05, 0.1) is 11.4 Å². The van der Waals surface area contributed by atoms with Gasteiger partial charge in [0, 0.05) is 26.1 Å². The van der Waals surface area contributed by atoms with Crippen LogP contribution in [-0.4, -0.2) is 25.5 Å². The van der Waals surface area contributed by atoms with Crippen LogP contribution in [0.2, 0.25) is 0 Å². The third-order valence-corrected chi connectivity index (χ3v) is 2.59. The van der Waals surface area contributed by atoms with E-state index in [-0.39, 0.29) is 5.91 Å². The molecule has 0 aromatic heterocycles. The Bertz CT molecular complexity index is 365. The van der Waals surface area contributed by atoms with Gasteiger partial charge in [-0.15, -0.1) is 0 Å². The van der Waals surface area contributed by atoms with Gasteiger partial charge in [-0.2, -0.15) is 0 Å². The van der Waals surface area contributed by atoms with E-state index in [9.17, 15) is 4.79 Å². The van der Waals surface area contributed by atoms with Crippen molar-refractivity contribution in [2.75, 3.05) is 30.3 Å². The van der Waals surface area contributed by atoms with Crippen LogP contribution in [0.5, 0.6) is 0 Å². The van der Waals surface area contributed by atoms with E-state index in [2.05, 4.69) is 10.2 Å². The molecule has 1 aromatic carbocycles. The predicted molar refractivity (Wildman–Crippen MR) is 60.7 cm³/mol. The van der Waals surface area contributed by atoms with E-state index in [0.717, 1.165) is 24.5 Å². The molecule has 1 aliphatic heterocycles. The normalized spacial score (nSPS) is 17.1. The first-order valence-electron chi connectivity index (χ1n) is 5.13. The quantitative estimate of drug-likeness (QED) is 0.660. The average Bonchev–Trinajstić information content (AvgIpc) is 2.44. The molecule has 0 radical (unpaired) electrons. The molecule has 80 valence electrons. The Hall–Kier alpha value is -1.71. The van der Waals surface area contributed by atoms with Crippen LogP contribution < -0.4 is 16.0 Å². The van der Waals surface area contributed by atoms with Crippen LogP contribution in [0, 0.1) is 0 Å². The van der Waals surface area contributed by atoms with Gasteiger partial charge in [0.15, 0.2) is 0 Å². The van der Waals surface area contributed by atoms with Crippen LogP contribution >= 0.6 is 0 Å². The summed E-state index contributed by atoms with van der Waals surface area (Å²) in [7, 11) is 0. The van der Waals surface area contributed by atoms with Crippen LogP contribution in [0.25, 0.3) is 0 Å². The van der Waals surface area contributed by atoms with Crippen molar-refractivity contribution in [3.05, 3.63) is 24.3 Å². The Balaban J connectivity index is 2.16. The van der Waals surface area contributed by atoms with Crippen molar-refractivity contribution in [2.24, 2.45) is 0 Å². The van der Waals surface area contributed by atoms with Gasteiger partial charge >= 0.3 is 0 Å². The van der Waals surface area contributed by atoms with Gasteiger partial charge in [-0.3, -0.25) is 4.79 Å². The molecule has 2 rings (SSSR count). The van der Waals surface area contributed by atoms with Crippen molar-refractivity contribution in [1.82, 2.24) is 5.32 Å². The minimum Gasteiger partial charge on any atom is -0.397 e. The number of rotatable bonds is 1. The number of nitrogens with two attached hydrogens (primary N) is 1. The molecule has 0 unspecified atom stereocenters. The Kier molecular flexibility index (Phi) is 2.76. The van der Waals surface area contributed by atoms with Crippen LogP contribution in [0.4, 0.5) is 11.4 Å². The van der Waals surface area contributed by atoms with E-state index in [1.807, 2.05) is 24.3 Å². The lowest BCUT2D eigenvalue weighted by atomic mass is 10.2. The predicted octanol–water partition coefficient (Wildman–Crippen LogP) is 0.595. The van der Waals surface area contributed by atoms with E-state index in [4.69, 9.17) is 5.73 Å². The molecule has 4 nitrogen and oxygen atoms in total. The molecular weight excluding hydrogens is 190 g/mol. The first kappa shape index (κ1) is 9.83. The molecule has 0 aliphatic carbocycles. The number of nitrogens with zero attached hydrogens (tertiary/aromatic N) is 1. The highest BCUT2D eigenvalue weighted by Gasteiger charge is 2.14. The van der Waals surface area contributed by atoms with Gasteiger partial charge in [-0.1, -0.05) is 12.1 Å². The largest absolute Gasteiger partial charge is 0.397 e. The van der Waals surface area contributed by atoms with Gasteiger partial charge < -0.3 is 16.0 Å². The number of anilines is 2. The Morgan fingerprint density at radius 1 is 1.27 bits per heavy atom. The molecule has 1 aromatic rings. The molecule has 1 heterocycles. The van der Waals surface area contributed by atoms with E-state index < -0.39 is 0 Å². The summed E-state index contributed by atoms with van der Waals surface area (Å²) in [6, 6.07) is 7.76. The number of nitrogen functional groups attached to an aromatic ring is 1. The Labute approximate surface area is 89.1 Å². The number of carbonyl (C=O) groups is 1. The SMILES string of the molecule is Nc1ccccc1N1CCNC(=O)CC1. The summed E-state index contributed by atoms with van der Waals surface area (Å²) in [5.74, 6) is 0.118. The highest BCUT2D eigenvalue weighted by molar-refractivity contribution is 5.78. The number of carbonyl (C=O) groups excluding carboxylic acids is 1. The van der Waals surface area contributed by atoms with Gasteiger partial charge in [0.2, 0.25) is 5.91 Å². The summed E-state index contributed by atoms with van der Waals surface area (Å²) < 4.78 is 0. The van der Waals surface area contributed by atoms with E-state index in [0.29, 0.717) is 13.0 Å². The molecule has 0 atom stereocenters. The fourth-order valence-electron chi connectivity index (χ4n) is 1.78. The molecular formula is C11H15N3O. The first-order valence-corrected chi connectivity index (χ1v) is 5.13. The maximum Gasteiger partial charge on any atom is 0.221 e. The fraction of sp³-hybridized carbons (Fsp3) is 0.364. The van der Waals surface area contributed by atoms with Gasteiger partial charge in [0.25, 0.3) is 0 Å².